The van der Waals surface area contributed by atoms with E-state index >= 15 is 0 Å². The van der Waals surface area contributed by atoms with Gasteiger partial charge in [0.05, 0.1) is 23.6 Å². The predicted octanol–water partition coefficient (Wildman–Crippen LogP) is 3.06. The lowest BCUT2D eigenvalue weighted by Gasteiger charge is -2.33. The third kappa shape index (κ3) is 4.23. The van der Waals surface area contributed by atoms with Crippen LogP contribution in [0, 0.1) is 0 Å². The SMILES string of the molecule is CCC(CC)Nc1cc(C([C]=O)N2CCC(O)CC2)nc(-c2cnn3ccsc23)n1. The molecule has 0 amide bonds. The molecule has 3 aromatic heterocycles. The van der Waals surface area contributed by atoms with Crippen LogP contribution in [0.25, 0.3) is 16.2 Å². The molecule has 1 radical (unpaired) electrons. The zero-order valence-electron chi connectivity index (χ0n) is 17.3. The average Bonchev–Trinajstić information content (AvgIpc) is 3.38. The maximum atomic E-state index is 12.0. The van der Waals surface area contributed by atoms with Crippen molar-refractivity contribution in [2.75, 3.05) is 18.4 Å². The van der Waals surface area contributed by atoms with Crippen LogP contribution in [0.15, 0.2) is 23.8 Å². The smallest absolute Gasteiger partial charge is 0.223 e. The summed E-state index contributed by atoms with van der Waals surface area (Å²) in [6.45, 7) is 5.55. The van der Waals surface area contributed by atoms with Crippen LogP contribution in [0.5, 0.6) is 0 Å². The van der Waals surface area contributed by atoms with E-state index in [0.29, 0.717) is 49.3 Å². The predicted molar refractivity (Wildman–Crippen MR) is 117 cm³/mol. The summed E-state index contributed by atoms with van der Waals surface area (Å²) in [4.78, 5) is 24.5. The number of aliphatic hydroxyl groups is 1. The molecule has 1 atom stereocenters. The van der Waals surface area contributed by atoms with Crippen LogP contribution in [0.3, 0.4) is 0 Å². The average molecular weight is 428 g/mol. The number of nitrogens with zero attached hydrogens (tertiary/aromatic N) is 5. The van der Waals surface area contributed by atoms with Crippen molar-refractivity contribution in [3.8, 4) is 11.4 Å². The Hall–Kier alpha value is -2.36. The quantitative estimate of drug-likeness (QED) is 0.570. The van der Waals surface area contributed by atoms with Crippen molar-refractivity contribution in [2.24, 2.45) is 0 Å². The maximum absolute atomic E-state index is 12.0. The summed E-state index contributed by atoms with van der Waals surface area (Å²) >= 11 is 1.58. The molecule has 3 aromatic rings. The van der Waals surface area contributed by atoms with Crippen LogP contribution >= 0.6 is 11.3 Å². The lowest BCUT2D eigenvalue weighted by atomic mass is 10.0. The molecule has 0 saturated carbocycles. The Bertz CT molecular complexity index is 990. The van der Waals surface area contributed by atoms with Crippen molar-refractivity contribution >= 4 is 28.3 Å². The molecule has 159 valence electrons. The summed E-state index contributed by atoms with van der Waals surface area (Å²) in [7, 11) is 0. The Balaban J connectivity index is 1.74. The molecule has 1 saturated heterocycles. The molecule has 0 aliphatic carbocycles. The van der Waals surface area contributed by atoms with E-state index in [4.69, 9.17) is 9.97 Å². The van der Waals surface area contributed by atoms with E-state index in [1.54, 1.807) is 22.0 Å². The summed E-state index contributed by atoms with van der Waals surface area (Å²) in [5, 5.41) is 19.7. The fraction of sp³-hybridized carbons (Fsp3) is 0.524. The fourth-order valence-electron chi connectivity index (χ4n) is 3.85. The van der Waals surface area contributed by atoms with Gasteiger partial charge in [0, 0.05) is 36.8 Å². The first-order chi connectivity index (χ1) is 14.6. The number of piperidine rings is 1. The van der Waals surface area contributed by atoms with Crippen LogP contribution in [-0.2, 0) is 4.79 Å². The van der Waals surface area contributed by atoms with E-state index in [9.17, 15) is 9.90 Å². The molecule has 0 bridgehead atoms. The molecular formula is C21H27N6O2S. The van der Waals surface area contributed by atoms with Crippen molar-refractivity contribution in [1.82, 2.24) is 24.5 Å². The van der Waals surface area contributed by atoms with Crippen molar-refractivity contribution in [3.05, 3.63) is 29.5 Å². The molecule has 1 aliphatic heterocycles. The van der Waals surface area contributed by atoms with Gasteiger partial charge < -0.3 is 10.4 Å². The van der Waals surface area contributed by atoms with Crippen LogP contribution in [0.2, 0.25) is 0 Å². The van der Waals surface area contributed by atoms with E-state index in [1.807, 2.05) is 22.5 Å². The molecule has 4 rings (SSSR count). The molecule has 0 spiro atoms. The minimum atomic E-state index is -0.587. The number of nitrogens with one attached hydrogen (secondary N) is 1. The second-order valence-corrected chi connectivity index (χ2v) is 8.55. The van der Waals surface area contributed by atoms with Crippen LogP contribution in [0.4, 0.5) is 5.82 Å². The third-order valence-electron chi connectivity index (χ3n) is 5.71. The molecule has 2 N–H and O–H groups in total. The molecule has 9 heteroatoms. The highest BCUT2D eigenvalue weighted by molar-refractivity contribution is 7.16. The lowest BCUT2D eigenvalue weighted by molar-refractivity contribution is 0.0725. The number of thiazole rings is 1. The Morgan fingerprint density at radius 1 is 1.30 bits per heavy atom. The standard InChI is InChI=1S/C21H27N6O2S/c1-3-14(4-2)23-19-11-17(18(13-28)26-7-5-15(29)6-8-26)24-20(25-19)16-12-22-27-9-10-30-21(16)27/h9-12,14-15,18,29H,3-8H2,1-2H3,(H,23,24,25). The van der Waals surface area contributed by atoms with E-state index < -0.39 is 6.04 Å². The second-order valence-electron chi connectivity index (χ2n) is 7.66. The second kappa shape index (κ2) is 9.20. The number of hydrogen-bond acceptors (Lipinski definition) is 8. The van der Waals surface area contributed by atoms with E-state index in [-0.39, 0.29) is 6.10 Å². The van der Waals surface area contributed by atoms with Crippen LogP contribution in [-0.4, -0.2) is 61.1 Å². The highest BCUT2D eigenvalue weighted by Crippen LogP contribution is 2.30. The summed E-state index contributed by atoms with van der Waals surface area (Å²) in [5.74, 6) is 1.26. The fourth-order valence-corrected chi connectivity index (χ4v) is 4.64. The molecule has 0 aromatic carbocycles. The molecule has 1 unspecified atom stereocenters. The van der Waals surface area contributed by atoms with Crippen LogP contribution < -0.4 is 5.32 Å². The number of aromatic nitrogens is 4. The minimum Gasteiger partial charge on any atom is -0.393 e. The Morgan fingerprint density at radius 3 is 2.77 bits per heavy atom. The highest BCUT2D eigenvalue weighted by Gasteiger charge is 2.28. The maximum Gasteiger partial charge on any atom is 0.223 e. The zero-order valence-corrected chi connectivity index (χ0v) is 18.1. The molecule has 8 nitrogen and oxygen atoms in total. The number of rotatable bonds is 8. The largest absolute Gasteiger partial charge is 0.393 e. The van der Waals surface area contributed by atoms with Gasteiger partial charge in [0.1, 0.15) is 16.7 Å². The van der Waals surface area contributed by atoms with Gasteiger partial charge in [-0.25, -0.2) is 14.5 Å². The zero-order chi connectivity index (χ0) is 21.1. The topological polar surface area (TPSA) is 95.7 Å². The summed E-state index contributed by atoms with van der Waals surface area (Å²) < 4.78 is 1.80. The van der Waals surface area contributed by atoms with Crippen molar-refractivity contribution in [2.45, 2.75) is 57.7 Å². The first-order valence-electron chi connectivity index (χ1n) is 10.5. The van der Waals surface area contributed by atoms with Gasteiger partial charge in [-0.1, -0.05) is 13.8 Å². The number of likely N-dealkylation sites (tertiary alicyclic amines) is 1. The van der Waals surface area contributed by atoms with Gasteiger partial charge in [-0.15, -0.1) is 11.3 Å². The summed E-state index contributed by atoms with van der Waals surface area (Å²) in [5.41, 5.74) is 1.47. The van der Waals surface area contributed by atoms with E-state index in [1.165, 1.54) is 0 Å². The van der Waals surface area contributed by atoms with Crippen molar-refractivity contribution in [1.29, 1.82) is 0 Å². The number of aliphatic hydroxyl groups excluding tert-OH is 1. The van der Waals surface area contributed by atoms with Gasteiger partial charge in [0.2, 0.25) is 6.29 Å². The minimum absolute atomic E-state index is 0.290. The normalized spacial score (nSPS) is 16.9. The van der Waals surface area contributed by atoms with E-state index in [0.717, 1.165) is 23.2 Å². The molecular weight excluding hydrogens is 400 g/mol. The van der Waals surface area contributed by atoms with Gasteiger partial charge in [-0.05, 0) is 25.7 Å². The number of carbonyl (C=O) groups excluding carboxylic acids is 1. The lowest BCUT2D eigenvalue weighted by Crippen LogP contribution is -2.39. The molecule has 4 heterocycles. The number of hydrogen-bond donors (Lipinski definition) is 2. The highest BCUT2D eigenvalue weighted by atomic mass is 32.1. The Morgan fingerprint density at radius 2 is 2.07 bits per heavy atom. The molecule has 30 heavy (non-hydrogen) atoms. The van der Waals surface area contributed by atoms with Crippen molar-refractivity contribution in [3.63, 3.8) is 0 Å². The Kier molecular flexibility index (Phi) is 6.40. The van der Waals surface area contributed by atoms with E-state index in [2.05, 4.69) is 30.5 Å². The third-order valence-corrected chi connectivity index (χ3v) is 6.60. The summed E-state index contributed by atoms with van der Waals surface area (Å²) in [6.07, 6.45) is 8.78. The molecule has 1 aliphatic rings. The van der Waals surface area contributed by atoms with Crippen molar-refractivity contribution < 1.29 is 9.90 Å². The molecule has 1 fully saturated rings. The van der Waals surface area contributed by atoms with Gasteiger partial charge >= 0.3 is 0 Å². The number of anilines is 1. The summed E-state index contributed by atoms with van der Waals surface area (Å²) in [6, 6.07) is 1.56. The van der Waals surface area contributed by atoms with Gasteiger partial charge in [0.25, 0.3) is 0 Å². The van der Waals surface area contributed by atoms with Gasteiger partial charge in [-0.3, -0.25) is 9.69 Å². The van der Waals surface area contributed by atoms with Gasteiger partial charge in [-0.2, -0.15) is 5.10 Å². The monoisotopic (exact) mass is 427 g/mol. The number of fused-ring (bicyclic) bond motifs is 1. The van der Waals surface area contributed by atoms with Crippen LogP contribution in [0.1, 0.15) is 51.3 Å². The first-order valence-corrected chi connectivity index (χ1v) is 11.4. The van der Waals surface area contributed by atoms with Gasteiger partial charge in [0.15, 0.2) is 5.82 Å². The Labute approximate surface area is 180 Å². The first kappa shape index (κ1) is 20.9.